The van der Waals surface area contributed by atoms with Crippen molar-refractivity contribution in [3.8, 4) is 0 Å². The van der Waals surface area contributed by atoms with Gasteiger partial charge < -0.3 is 17.0 Å². The van der Waals surface area contributed by atoms with Gasteiger partial charge in [-0.3, -0.25) is 5.10 Å². The molecule has 0 spiro atoms. The van der Waals surface area contributed by atoms with E-state index in [1.54, 1.807) is 12.3 Å². The molecule has 1 N–H and O–H groups in total. The van der Waals surface area contributed by atoms with E-state index in [0.717, 1.165) is 0 Å². The number of rotatable bonds is 3. The molecule has 0 aliphatic heterocycles. The molecule has 0 saturated heterocycles. The van der Waals surface area contributed by atoms with Gasteiger partial charge in [-0.15, -0.1) is 10.2 Å². The number of hydrogen-bond donors (Lipinski definition) is 1. The first-order chi connectivity index (χ1) is 11.7. The van der Waals surface area contributed by atoms with Crippen LogP contribution in [0.25, 0.3) is 0 Å². The van der Waals surface area contributed by atoms with Crippen molar-refractivity contribution in [2.45, 2.75) is 0 Å². The van der Waals surface area contributed by atoms with Crippen molar-refractivity contribution in [1.29, 1.82) is 0 Å². The Bertz CT molecular complexity index is 941. The summed E-state index contributed by atoms with van der Waals surface area (Å²) in [6, 6.07) is 13.1. The van der Waals surface area contributed by atoms with Crippen molar-refractivity contribution in [3.05, 3.63) is 72.2 Å². The number of nitrogens with zero attached hydrogens (tertiary/aromatic N) is 7. The van der Waals surface area contributed by atoms with Crippen molar-refractivity contribution < 1.29 is 17.0 Å². The van der Waals surface area contributed by atoms with E-state index in [1.165, 1.54) is 0 Å². The van der Waals surface area contributed by atoms with Gasteiger partial charge in [-0.05, 0) is 29.4 Å². The fraction of sp³-hybridized carbons (Fsp3) is 0.125. The van der Waals surface area contributed by atoms with Gasteiger partial charge in [0.05, 0.1) is 18.4 Å². The van der Waals surface area contributed by atoms with Crippen LogP contribution in [0.4, 0.5) is 5.82 Å². The monoisotopic (exact) mass is 356 g/mol. The Morgan fingerprint density at radius 1 is 1.16 bits per heavy atom. The molecule has 3 rings (SSSR count). The number of aromatic amines is 1. The van der Waals surface area contributed by atoms with Crippen LogP contribution in [-0.2, 0) is 14.1 Å². The van der Waals surface area contributed by atoms with Gasteiger partial charge in [-0.1, -0.05) is 12.1 Å². The third-order valence-electron chi connectivity index (χ3n) is 3.29. The summed E-state index contributed by atoms with van der Waals surface area (Å²) >= 11 is 0. The highest BCUT2D eigenvalue weighted by molar-refractivity contribution is 5.97. The van der Waals surface area contributed by atoms with Crippen molar-refractivity contribution >= 4 is 11.7 Å². The lowest BCUT2D eigenvalue weighted by Gasteiger charge is -1.96. The molecule has 0 amide bonds. The lowest BCUT2D eigenvalue weighted by Crippen LogP contribution is -3.00. The lowest BCUT2D eigenvalue weighted by molar-refractivity contribution is -0.658. The molecule has 3 heterocycles. The van der Waals surface area contributed by atoms with Crippen LogP contribution in [0, 0.1) is 0 Å². The SMILES string of the molecule is Cn1ccccc1=NN=C(N=Nc1cccc[n+]1C)c1ccn[nH]1.[Cl-]. The minimum absolute atomic E-state index is 0. The summed E-state index contributed by atoms with van der Waals surface area (Å²) in [6.45, 7) is 0. The molecular formula is C16H17ClN8. The van der Waals surface area contributed by atoms with E-state index in [-0.39, 0.29) is 12.4 Å². The summed E-state index contributed by atoms with van der Waals surface area (Å²) < 4.78 is 3.73. The van der Waals surface area contributed by atoms with Crippen LogP contribution in [0.1, 0.15) is 5.69 Å². The quantitative estimate of drug-likeness (QED) is 0.203. The first-order valence-corrected chi connectivity index (χ1v) is 7.33. The summed E-state index contributed by atoms with van der Waals surface area (Å²) in [5.74, 6) is 1.05. The van der Waals surface area contributed by atoms with E-state index in [2.05, 4.69) is 30.6 Å². The maximum atomic E-state index is 4.24. The number of H-pyrrole nitrogens is 1. The van der Waals surface area contributed by atoms with Crippen LogP contribution in [0.15, 0.2) is 81.5 Å². The fourth-order valence-electron chi connectivity index (χ4n) is 1.94. The number of pyridine rings is 2. The Morgan fingerprint density at radius 3 is 2.72 bits per heavy atom. The summed E-state index contributed by atoms with van der Waals surface area (Å²) in [6.07, 6.45) is 5.43. The molecule has 3 aromatic rings. The molecule has 3 aromatic heterocycles. The van der Waals surface area contributed by atoms with E-state index < -0.39 is 0 Å². The van der Waals surface area contributed by atoms with Gasteiger partial charge in [0.15, 0.2) is 5.49 Å². The zero-order valence-electron chi connectivity index (χ0n) is 13.8. The van der Waals surface area contributed by atoms with Crippen LogP contribution in [-0.4, -0.2) is 20.6 Å². The van der Waals surface area contributed by atoms with Gasteiger partial charge in [0, 0.05) is 25.5 Å². The average Bonchev–Trinajstić information content (AvgIpc) is 3.12. The van der Waals surface area contributed by atoms with Gasteiger partial charge in [0.25, 0.3) is 0 Å². The standard InChI is InChI=1S/C16H17N8.ClH/c1-23-11-5-3-7-14(23)19-21-16(13-9-10-17-18-13)22-20-15-8-4-6-12-24(15)2;/h3-12H,1-2H3,(H,17,18);1H/q+1;/p-1. The normalized spacial score (nSPS) is 12.4. The molecule has 0 aliphatic rings. The van der Waals surface area contributed by atoms with Gasteiger partial charge >= 0.3 is 5.82 Å². The molecule has 8 nitrogen and oxygen atoms in total. The maximum absolute atomic E-state index is 4.24. The Balaban J connectivity index is 0.00000225. The van der Waals surface area contributed by atoms with Gasteiger partial charge in [0.1, 0.15) is 5.69 Å². The number of amidine groups is 1. The Morgan fingerprint density at radius 2 is 2.00 bits per heavy atom. The smallest absolute Gasteiger partial charge is 0.350 e. The lowest BCUT2D eigenvalue weighted by atomic mass is 10.4. The molecule has 0 atom stereocenters. The highest BCUT2D eigenvalue weighted by atomic mass is 35.5. The Hall–Kier alpha value is -3.13. The van der Waals surface area contributed by atoms with Gasteiger partial charge in [0.2, 0.25) is 5.84 Å². The third kappa shape index (κ3) is 4.67. The van der Waals surface area contributed by atoms with Crippen molar-refractivity contribution in [1.82, 2.24) is 14.8 Å². The maximum Gasteiger partial charge on any atom is 0.350 e. The predicted molar refractivity (Wildman–Crippen MR) is 88.2 cm³/mol. The van der Waals surface area contributed by atoms with Crippen LogP contribution in [0.3, 0.4) is 0 Å². The molecule has 0 unspecified atom stereocenters. The zero-order valence-corrected chi connectivity index (χ0v) is 14.5. The number of aryl methyl sites for hydroxylation is 2. The van der Waals surface area contributed by atoms with Crippen LogP contribution < -0.4 is 22.5 Å². The minimum Gasteiger partial charge on any atom is -1.00 e. The largest absolute Gasteiger partial charge is 1.00 e. The molecule has 0 fully saturated rings. The molecule has 0 bridgehead atoms. The molecule has 25 heavy (non-hydrogen) atoms. The van der Waals surface area contributed by atoms with E-state index in [4.69, 9.17) is 0 Å². The molecule has 9 heteroatoms. The molecule has 0 radical (unpaired) electrons. The Kier molecular flexibility index (Phi) is 6.30. The molecule has 0 aromatic carbocycles. The second-order valence-corrected chi connectivity index (χ2v) is 5.03. The van der Waals surface area contributed by atoms with Crippen LogP contribution >= 0.6 is 0 Å². The van der Waals surface area contributed by atoms with E-state index >= 15 is 0 Å². The van der Waals surface area contributed by atoms with Crippen molar-refractivity contribution in [2.75, 3.05) is 0 Å². The summed E-state index contributed by atoms with van der Waals surface area (Å²) in [5.41, 5.74) is 1.34. The summed E-state index contributed by atoms with van der Waals surface area (Å²) in [7, 11) is 3.80. The summed E-state index contributed by atoms with van der Waals surface area (Å²) in [4.78, 5) is 0. The minimum atomic E-state index is 0. The second-order valence-electron chi connectivity index (χ2n) is 5.03. The zero-order chi connectivity index (χ0) is 16.8. The van der Waals surface area contributed by atoms with E-state index in [0.29, 0.717) is 22.8 Å². The topological polar surface area (TPSA) is 86.9 Å². The van der Waals surface area contributed by atoms with Gasteiger partial charge in [-0.25, -0.2) is 4.57 Å². The van der Waals surface area contributed by atoms with Crippen LogP contribution in [0.2, 0.25) is 0 Å². The fourth-order valence-corrected chi connectivity index (χ4v) is 1.94. The first kappa shape index (κ1) is 18.2. The number of halogens is 1. The third-order valence-corrected chi connectivity index (χ3v) is 3.29. The average molecular weight is 357 g/mol. The van der Waals surface area contributed by atoms with E-state index in [9.17, 15) is 0 Å². The summed E-state index contributed by atoms with van der Waals surface area (Å²) in [5, 5.41) is 23.7. The molecule has 0 aliphatic carbocycles. The molecule has 0 saturated carbocycles. The van der Waals surface area contributed by atoms with Crippen molar-refractivity contribution in [2.24, 2.45) is 34.5 Å². The number of hydrogen-bond acceptors (Lipinski definition) is 4. The predicted octanol–water partition coefficient (Wildman–Crippen LogP) is -1.38. The number of aromatic nitrogens is 4. The first-order valence-electron chi connectivity index (χ1n) is 7.33. The van der Waals surface area contributed by atoms with Gasteiger partial charge in [-0.2, -0.15) is 5.10 Å². The second kappa shape index (κ2) is 8.65. The molecule has 128 valence electrons. The van der Waals surface area contributed by atoms with E-state index in [1.807, 2.05) is 72.0 Å². The highest BCUT2D eigenvalue weighted by Gasteiger charge is 2.09. The number of azo groups is 1. The van der Waals surface area contributed by atoms with Crippen LogP contribution in [0.5, 0.6) is 0 Å². The number of nitrogens with one attached hydrogen (secondary N) is 1. The Labute approximate surface area is 150 Å². The highest BCUT2D eigenvalue weighted by Crippen LogP contribution is 2.06. The van der Waals surface area contributed by atoms with Crippen molar-refractivity contribution in [3.63, 3.8) is 0 Å². The molecular weight excluding hydrogens is 340 g/mol.